The molecule has 11 heteroatoms. The number of hydrogen-bond donors (Lipinski definition) is 2. The number of rotatable bonds is 3. The lowest BCUT2D eigenvalue weighted by Gasteiger charge is -2.24. The fourth-order valence-electron chi connectivity index (χ4n) is 2.33. The van der Waals surface area contributed by atoms with Crippen molar-refractivity contribution in [3.8, 4) is 5.88 Å². The molecule has 1 saturated heterocycles. The number of hydrogen-bond acceptors (Lipinski definition) is 6. The van der Waals surface area contributed by atoms with Crippen molar-refractivity contribution in [2.45, 2.75) is 32.3 Å². The molecule has 2 unspecified atom stereocenters. The van der Waals surface area contributed by atoms with Crippen molar-refractivity contribution in [1.29, 1.82) is 0 Å². The molecule has 0 saturated carbocycles. The van der Waals surface area contributed by atoms with Gasteiger partial charge in [0.25, 0.3) is 5.56 Å². The molecular weight excluding hydrogens is 385 g/mol. The zero-order valence-corrected chi connectivity index (χ0v) is 15.8. The van der Waals surface area contributed by atoms with Gasteiger partial charge in [-0.3, -0.25) is 9.78 Å². The maximum absolute atomic E-state index is 14.1. The van der Waals surface area contributed by atoms with E-state index in [1.807, 2.05) is 13.8 Å². The van der Waals surface area contributed by atoms with Crippen LogP contribution in [0.2, 0.25) is 10.4 Å². The van der Waals surface area contributed by atoms with Crippen LogP contribution in [0.1, 0.15) is 20.3 Å². The first-order chi connectivity index (χ1) is 12.5. The normalized spacial score (nSPS) is 18.6. The fraction of sp³-hybridized carbons (Fsp3) is 0.533. The average Bonchev–Trinajstić information content (AvgIpc) is 2.90. The predicted molar refractivity (Wildman–Crippen MR) is 98.9 cm³/mol. The Morgan fingerprint density at radius 1 is 1.38 bits per heavy atom. The lowest BCUT2D eigenvalue weighted by Crippen LogP contribution is -2.46. The second-order valence-corrected chi connectivity index (χ2v) is 5.89. The number of ether oxygens (including phenoxy) is 2. The van der Waals surface area contributed by atoms with Gasteiger partial charge in [-0.25, -0.2) is 9.37 Å². The molecule has 2 aromatic heterocycles. The van der Waals surface area contributed by atoms with E-state index in [-0.39, 0.29) is 28.1 Å². The molecule has 1 aliphatic heterocycles. The summed E-state index contributed by atoms with van der Waals surface area (Å²) in [4.78, 5) is 21.9. The standard InChI is InChI=1S/C13H12BCl2FN4O3.C2H6/c14-9(5-4-23-3-1-2-18-5)24-12-6-8(7(17)10(15)20-12)19-13(16)21-11(6)22;1-2/h5,9,18H,1-4H2,(H,19,21,22);1-2H3. The first kappa shape index (κ1) is 20.9. The number of halogens is 3. The second kappa shape index (κ2) is 9.50. The molecule has 1 aliphatic rings. The Morgan fingerprint density at radius 3 is 2.85 bits per heavy atom. The third-order valence-corrected chi connectivity index (χ3v) is 3.94. The van der Waals surface area contributed by atoms with Crippen molar-refractivity contribution < 1.29 is 13.9 Å². The summed E-state index contributed by atoms with van der Waals surface area (Å²) in [5, 5.41) is 2.18. The van der Waals surface area contributed by atoms with E-state index in [2.05, 4.69) is 20.3 Å². The first-order valence-electron chi connectivity index (χ1n) is 8.15. The Labute approximate surface area is 161 Å². The fourth-order valence-corrected chi connectivity index (χ4v) is 2.67. The molecule has 26 heavy (non-hydrogen) atoms. The second-order valence-electron chi connectivity index (χ2n) is 5.17. The number of nitrogens with one attached hydrogen (secondary N) is 2. The van der Waals surface area contributed by atoms with E-state index in [4.69, 9.17) is 40.5 Å². The molecule has 2 atom stereocenters. The van der Waals surface area contributed by atoms with Crippen LogP contribution in [-0.4, -0.2) is 54.6 Å². The molecule has 0 aliphatic carbocycles. The summed E-state index contributed by atoms with van der Waals surface area (Å²) in [5.41, 5.74) is -1.05. The molecule has 0 aromatic carbocycles. The van der Waals surface area contributed by atoms with Gasteiger partial charge in [0.2, 0.25) is 11.2 Å². The van der Waals surface area contributed by atoms with E-state index in [0.717, 1.165) is 6.42 Å². The van der Waals surface area contributed by atoms with E-state index in [1.165, 1.54) is 0 Å². The van der Waals surface area contributed by atoms with E-state index < -0.39 is 22.5 Å². The number of pyridine rings is 1. The van der Waals surface area contributed by atoms with Crippen LogP contribution < -0.4 is 15.6 Å². The van der Waals surface area contributed by atoms with Crippen LogP contribution in [0.15, 0.2) is 4.79 Å². The lowest BCUT2D eigenvalue weighted by molar-refractivity contribution is 0.103. The third kappa shape index (κ3) is 4.65. The Hall–Kier alpha value is -1.42. The molecule has 2 aromatic rings. The Balaban J connectivity index is 0.00000117. The first-order valence-corrected chi connectivity index (χ1v) is 8.91. The van der Waals surface area contributed by atoms with Crippen LogP contribution in [-0.2, 0) is 4.74 Å². The van der Waals surface area contributed by atoms with E-state index in [0.29, 0.717) is 19.8 Å². The maximum Gasteiger partial charge on any atom is 0.265 e. The highest BCUT2D eigenvalue weighted by Crippen LogP contribution is 2.27. The van der Waals surface area contributed by atoms with Crippen LogP contribution in [0.3, 0.4) is 0 Å². The van der Waals surface area contributed by atoms with Gasteiger partial charge in [-0.05, 0) is 24.6 Å². The van der Waals surface area contributed by atoms with Gasteiger partial charge >= 0.3 is 0 Å². The molecule has 2 radical (unpaired) electrons. The Morgan fingerprint density at radius 2 is 2.12 bits per heavy atom. The van der Waals surface area contributed by atoms with Crippen LogP contribution >= 0.6 is 23.2 Å². The summed E-state index contributed by atoms with van der Waals surface area (Å²) in [7, 11) is 6.01. The molecule has 2 N–H and O–H groups in total. The van der Waals surface area contributed by atoms with E-state index >= 15 is 0 Å². The molecule has 3 rings (SSSR count). The summed E-state index contributed by atoms with van der Waals surface area (Å²) in [5.74, 6) is -1.18. The Bertz CT molecular complexity index is 816. The number of aromatic nitrogens is 3. The SMILES string of the molecule is CC.[B]C(Oc1nc(Cl)c(F)c2nc(Cl)[nH]c(=O)c12)C1COCCCN1. The minimum absolute atomic E-state index is 0.216. The van der Waals surface area contributed by atoms with Gasteiger partial charge in [0.05, 0.1) is 18.7 Å². The van der Waals surface area contributed by atoms with E-state index in [9.17, 15) is 9.18 Å². The number of fused-ring (bicyclic) bond motifs is 1. The number of nitrogens with zero attached hydrogens (tertiary/aromatic N) is 2. The Kier molecular flexibility index (Phi) is 7.63. The molecule has 1 fully saturated rings. The van der Waals surface area contributed by atoms with Crippen molar-refractivity contribution in [3.05, 3.63) is 26.6 Å². The van der Waals surface area contributed by atoms with Crippen LogP contribution in [0, 0.1) is 5.82 Å². The highest BCUT2D eigenvalue weighted by Gasteiger charge is 2.24. The maximum atomic E-state index is 14.1. The minimum Gasteiger partial charge on any atom is -0.482 e. The van der Waals surface area contributed by atoms with Crippen molar-refractivity contribution in [1.82, 2.24) is 20.3 Å². The van der Waals surface area contributed by atoms with Gasteiger partial charge in [-0.2, -0.15) is 4.98 Å². The predicted octanol–water partition coefficient (Wildman–Crippen LogP) is 2.04. The van der Waals surface area contributed by atoms with Gasteiger partial charge in [-0.1, -0.05) is 25.4 Å². The summed E-state index contributed by atoms with van der Waals surface area (Å²) in [6.07, 6.45) is 0.842. The van der Waals surface area contributed by atoms with Gasteiger partial charge in [-0.15, -0.1) is 0 Å². The number of H-pyrrole nitrogens is 1. The average molecular weight is 403 g/mol. The van der Waals surface area contributed by atoms with Crippen molar-refractivity contribution in [2.24, 2.45) is 0 Å². The molecule has 0 bridgehead atoms. The van der Waals surface area contributed by atoms with Gasteiger partial charge < -0.3 is 14.8 Å². The minimum atomic E-state index is -0.962. The van der Waals surface area contributed by atoms with Crippen LogP contribution in [0.5, 0.6) is 5.88 Å². The lowest BCUT2D eigenvalue weighted by atomic mass is 9.92. The summed E-state index contributed by atoms with van der Waals surface area (Å²) >= 11 is 11.4. The zero-order valence-electron chi connectivity index (χ0n) is 14.3. The molecule has 140 valence electrons. The van der Waals surface area contributed by atoms with E-state index in [1.54, 1.807) is 0 Å². The van der Waals surface area contributed by atoms with Crippen LogP contribution in [0.25, 0.3) is 10.9 Å². The highest BCUT2D eigenvalue weighted by molar-refractivity contribution is 6.30. The zero-order chi connectivity index (χ0) is 19.3. The number of aromatic amines is 1. The third-order valence-electron chi connectivity index (χ3n) is 3.51. The summed E-state index contributed by atoms with van der Waals surface area (Å²) < 4.78 is 25.1. The molecule has 0 spiro atoms. The summed E-state index contributed by atoms with van der Waals surface area (Å²) in [6, 6.07) is -1.22. The molecular formula is C15H18BCl2FN4O3. The smallest absolute Gasteiger partial charge is 0.265 e. The summed E-state index contributed by atoms with van der Waals surface area (Å²) in [6.45, 7) is 5.65. The molecule has 0 amide bonds. The monoisotopic (exact) mass is 402 g/mol. The van der Waals surface area contributed by atoms with Gasteiger partial charge in [0.15, 0.2) is 11.0 Å². The van der Waals surface area contributed by atoms with Gasteiger partial charge in [0.1, 0.15) is 18.7 Å². The molecule has 3 heterocycles. The van der Waals surface area contributed by atoms with Crippen molar-refractivity contribution in [3.63, 3.8) is 0 Å². The van der Waals surface area contributed by atoms with Crippen molar-refractivity contribution in [2.75, 3.05) is 19.8 Å². The molecule has 7 nitrogen and oxygen atoms in total. The highest BCUT2D eigenvalue weighted by atomic mass is 35.5. The van der Waals surface area contributed by atoms with Crippen molar-refractivity contribution >= 4 is 42.0 Å². The topological polar surface area (TPSA) is 89.1 Å². The quantitative estimate of drug-likeness (QED) is 0.464. The van der Waals surface area contributed by atoms with Crippen LogP contribution in [0.4, 0.5) is 4.39 Å². The largest absolute Gasteiger partial charge is 0.482 e. The van der Waals surface area contributed by atoms with Gasteiger partial charge in [0, 0.05) is 6.61 Å².